The third-order valence-electron chi connectivity index (χ3n) is 3.59. The van der Waals surface area contributed by atoms with Gasteiger partial charge in [-0.05, 0) is 31.2 Å². The zero-order valence-corrected chi connectivity index (χ0v) is 18.0. The topological polar surface area (TPSA) is 76.1 Å². The van der Waals surface area contributed by atoms with Gasteiger partial charge in [-0.1, -0.05) is 58.4 Å². The Hall–Kier alpha value is -2.00. The molecule has 0 aliphatic carbocycles. The van der Waals surface area contributed by atoms with Gasteiger partial charge < -0.3 is 15.4 Å². The lowest BCUT2D eigenvalue weighted by molar-refractivity contribution is -0.115. The summed E-state index contributed by atoms with van der Waals surface area (Å²) < 4.78 is 5.87. The Morgan fingerprint density at radius 3 is 2.61 bits per heavy atom. The quantitative estimate of drug-likeness (QED) is 0.444. The van der Waals surface area contributed by atoms with Crippen molar-refractivity contribution in [2.75, 3.05) is 17.7 Å². The van der Waals surface area contributed by atoms with E-state index in [1.165, 1.54) is 23.1 Å². The third kappa shape index (κ3) is 5.29. The monoisotopic (exact) mass is 454 g/mol. The number of nitrogens with one attached hydrogen (secondary N) is 2. The number of rotatable bonds is 7. The lowest BCUT2D eigenvalue weighted by Gasteiger charge is -2.12. The van der Waals surface area contributed by atoms with Gasteiger partial charge in [0.05, 0.1) is 28.1 Å². The van der Waals surface area contributed by atoms with Gasteiger partial charge in [-0.2, -0.15) is 0 Å². The minimum absolute atomic E-state index is 0.225. The fourth-order valence-corrected chi connectivity index (χ4v) is 4.59. The van der Waals surface area contributed by atoms with Crippen molar-refractivity contribution in [3.05, 3.63) is 52.5 Å². The largest absolute Gasteiger partial charge is 0.497 e. The number of thioether (sulfide) groups is 1. The molecule has 6 nitrogen and oxygen atoms in total. The first-order valence-corrected chi connectivity index (χ1v) is 10.6. The second-order valence-corrected chi connectivity index (χ2v) is 8.96. The number of amides is 1. The number of carbonyl (C=O) groups is 1. The van der Waals surface area contributed by atoms with Crippen molar-refractivity contribution in [2.24, 2.45) is 0 Å². The molecular weight excluding hydrogens is 439 g/mol. The summed E-state index contributed by atoms with van der Waals surface area (Å²) in [4.78, 5) is 12.5. The van der Waals surface area contributed by atoms with Gasteiger partial charge in [0.1, 0.15) is 5.75 Å². The number of aromatic nitrogens is 2. The summed E-state index contributed by atoms with van der Waals surface area (Å²) in [5.74, 6) is 0.519. The minimum Gasteiger partial charge on any atom is -0.497 e. The van der Waals surface area contributed by atoms with E-state index < -0.39 is 5.25 Å². The zero-order chi connectivity index (χ0) is 20.1. The molecule has 146 valence electrons. The van der Waals surface area contributed by atoms with E-state index >= 15 is 0 Å². The number of ether oxygens (including phenoxy) is 1. The van der Waals surface area contributed by atoms with E-state index in [0.29, 0.717) is 25.2 Å². The first-order chi connectivity index (χ1) is 13.5. The van der Waals surface area contributed by atoms with Crippen LogP contribution in [0, 0.1) is 0 Å². The summed E-state index contributed by atoms with van der Waals surface area (Å²) in [6.45, 7) is 1.78. The second kappa shape index (κ2) is 9.47. The van der Waals surface area contributed by atoms with Crippen LogP contribution < -0.4 is 15.4 Å². The molecule has 1 atom stereocenters. The highest BCUT2D eigenvalue weighted by atomic mass is 35.5. The Bertz CT molecular complexity index is 963. The number of halogens is 2. The summed E-state index contributed by atoms with van der Waals surface area (Å²) in [5.41, 5.74) is 1.24. The van der Waals surface area contributed by atoms with Crippen LogP contribution in [0.25, 0.3) is 0 Å². The molecule has 1 heterocycles. The number of anilines is 3. The van der Waals surface area contributed by atoms with Gasteiger partial charge in [0.2, 0.25) is 11.0 Å². The zero-order valence-electron chi connectivity index (χ0n) is 14.9. The van der Waals surface area contributed by atoms with Crippen LogP contribution in [0.2, 0.25) is 10.0 Å². The number of benzene rings is 2. The minimum atomic E-state index is -0.412. The van der Waals surface area contributed by atoms with Crippen LogP contribution in [0.15, 0.2) is 46.8 Å². The van der Waals surface area contributed by atoms with Crippen molar-refractivity contribution in [3.8, 4) is 5.75 Å². The molecule has 0 saturated heterocycles. The van der Waals surface area contributed by atoms with E-state index in [1.54, 1.807) is 32.2 Å². The molecule has 0 radical (unpaired) electrons. The molecule has 2 aromatic carbocycles. The Morgan fingerprint density at radius 2 is 1.89 bits per heavy atom. The molecule has 0 aliphatic heterocycles. The predicted molar refractivity (Wildman–Crippen MR) is 117 cm³/mol. The van der Waals surface area contributed by atoms with Crippen LogP contribution in [-0.4, -0.2) is 28.5 Å². The molecule has 10 heteroatoms. The van der Waals surface area contributed by atoms with Crippen LogP contribution in [0.5, 0.6) is 5.75 Å². The van der Waals surface area contributed by atoms with Gasteiger partial charge in [-0.25, -0.2) is 0 Å². The van der Waals surface area contributed by atoms with Gasteiger partial charge in [-0.3, -0.25) is 4.79 Å². The van der Waals surface area contributed by atoms with Crippen molar-refractivity contribution in [2.45, 2.75) is 16.5 Å². The van der Waals surface area contributed by atoms with Gasteiger partial charge >= 0.3 is 0 Å². The molecule has 0 aliphatic rings. The van der Waals surface area contributed by atoms with Crippen molar-refractivity contribution >= 4 is 68.7 Å². The van der Waals surface area contributed by atoms with Crippen LogP contribution in [0.4, 0.5) is 16.5 Å². The van der Waals surface area contributed by atoms with E-state index in [-0.39, 0.29) is 5.91 Å². The average molecular weight is 455 g/mol. The standard InChI is InChI=1S/C18H16Cl2N4O2S2/c1-10(16(25)22-15-13(19)7-4-8-14(15)20)27-18-24-23-17(28-18)21-11-5-3-6-12(9-11)26-2/h3-10H,1-2H3,(H,21,23)(H,22,25). The van der Waals surface area contributed by atoms with Gasteiger partial charge in [0, 0.05) is 11.8 Å². The lowest BCUT2D eigenvalue weighted by atomic mass is 10.3. The maximum atomic E-state index is 12.5. The van der Waals surface area contributed by atoms with E-state index in [2.05, 4.69) is 20.8 Å². The lowest BCUT2D eigenvalue weighted by Crippen LogP contribution is -2.22. The molecule has 1 unspecified atom stereocenters. The maximum Gasteiger partial charge on any atom is 0.237 e. The summed E-state index contributed by atoms with van der Waals surface area (Å²) in [5, 5.41) is 15.2. The van der Waals surface area contributed by atoms with Crippen LogP contribution >= 0.6 is 46.3 Å². The fraction of sp³-hybridized carbons (Fsp3) is 0.167. The molecule has 2 N–H and O–H groups in total. The van der Waals surface area contributed by atoms with E-state index in [1.807, 2.05) is 24.3 Å². The Balaban J connectivity index is 1.61. The SMILES string of the molecule is COc1cccc(Nc2nnc(SC(C)C(=O)Nc3c(Cl)cccc3Cl)s2)c1. The number of hydrogen-bond donors (Lipinski definition) is 2. The van der Waals surface area contributed by atoms with Crippen LogP contribution in [0.3, 0.4) is 0 Å². The molecule has 3 aromatic rings. The molecule has 3 rings (SSSR count). The summed E-state index contributed by atoms with van der Waals surface area (Å²) >= 11 is 14.9. The summed E-state index contributed by atoms with van der Waals surface area (Å²) in [6.07, 6.45) is 0. The maximum absolute atomic E-state index is 12.5. The number of para-hydroxylation sites is 1. The average Bonchev–Trinajstić information content (AvgIpc) is 3.11. The van der Waals surface area contributed by atoms with E-state index in [4.69, 9.17) is 27.9 Å². The first-order valence-electron chi connectivity index (χ1n) is 8.12. The highest BCUT2D eigenvalue weighted by Crippen LogP contribution is 2.33. The summed E-state index contributed by atoms with van der Waals surface area (Å²) in [7, 11) is 1.61. The first kappa shape index (κ1) is 20.7. The summed E-state index contributed by atoms with van der Waals surface area (Å²) in [6, 6.07) is 12.6. The third-order valence-corrected chi connectivity index (χ3v) is 6.24. The molecule has 1 amide bonds. The molecule has 0 bridgehead atoms. The molecule has 0 spiro atoms. The normalized spacial score (nSPS) is 11.7. The molecule has 1 aromatic heterocycles. The highest BCUT2D eigenvalue weighted by molar-refractivity contribution is 8.02. The number of nitrogens with zero attached hydrogens (tertiary/aromatic N) is 2. The van der Waals surface area contributed by atoms with Crippen molar-refractivity contribution < 1.29 is 9.53 Å². The Morgan fingerprint density at radius 1 is 1.18 bits per heavy atom. The predicted octanol–water partition coefficient (Wildman–Crippen LogP) is 5.72. The molecule has 0 saturated carbocycles. The van der Waals surface area contributed by atoms with Gasteiger partial charge in [-0.15, -0.1) is 10.2 Å². The van der Waals surface area contributed by atoms with Crippen molar-refractivity contribution in [1.82, 2.24) is 10.2 Å². The van der Waals surface area contributed by atoms with Crippen molar-refractivity contribution in [1.29, 1.82) is 0 Å². The fourth-order valence-electron chi connectivity index (χ4n) is 2.18. The Kier molecular flexibility index (Phi) is 7.01. The Labute approximate surface area is 180 Å². The van der Waals surface area contributed by atoms with E-state index in [9.17, 15) is 4.79 Å². The van der Waals surface area contributed by atoms with Gasteiger partial charge in [0.25, 0.3) is 0 Å². The van der Waals surface area contributed by atoms with Crippen LogP contribution in [0.1, 0.15) is 6.92 Å². The molecular formula is C18H16Cl2N4O2S2. The van der Waals surface area contributed by atoms with Gasteiger partial charge in [0.15, 0.2) is 4.34 Å². The number of hydrogen-bond acceptors (Lipinski definition) is 7. The second-order valence-electron chi connectivity index (χ2n) is 5.58. The number of methoxy groups -OCH3 is 1. The van der Waals surface area contributed by atoms with E-state index in [0.717, 1.165) is 11.4 Å². The smallest absolute Gasteiger partial charge is 0.237 e. The molecule has 28 heavy (non-hydrogen) atoms. The van der Waals surface area contributed by atoms with Crippen LogP contribution in [-0.2, 0) is 4.79 Å². The van der Waals surface area contributed by atoms with Crippen molar-refractivity contribution in [3.63, 3.8) is 0 Å². The number of carbonyl (C=O) groups excluding carboxylic acids is 1. The highest BCUT2D eigenvalue weighted by Gasteiger charge is 2.19. The molecule has 0 fully saturated rings.